The maximum absolute atomic E-state index is 14.6. The molecule has 0 radical (unpaired) electrons. The standard InChI is InChI=1S/C27H21ClF2N4O4/c28-18-7-8-19(29)24(25(18)30)15-6-10-22(34(38)13-15)16-3-1-2-4-23(35)32-20-9-5-14(27(36)37)11-17(20)21-12-31-26(16)33-21/h5-13,16H,1-4H2,(H,31,33)(H,32,35)(H,36,37). The van der Waals surface area contributed by atoms with Crippen LogP contribution in [0.1, 0.15) is 53.5 Å². The van der Waals surface area contributed by atoms with Crippen LogP contribution < -0.4 is 10.0 Å². The van der Waals surface area contributed by atoms with E-state index in [-0.39, 0.29) is 28.5 Å². The summed E-state index contributed by atoms with van der Waals surface area (Å²) in [5.74, 6) is -3.23. The van der Waals surface area contributed by atoms with E-state index in [2.05, 4.69) is 15.3 Å². The molecule has 1 unspecified atom stereocenters. The zero-order valence-electron chi connectivity index (χ0n) is 19.8. The third-order valence-electron chi connectivity index (χ3n) is 6.54. The molecule has 1 atom stereocenters. The lowest BCUT2D eigenvalue weighted by Crippen LogP contribution is -2.34. The summed E-state index contributed by atoms with van der Waals surface area (Å²) >= 11 is 5.81. The van der Waals surface area contributed by atoms with Crippen molar-refractivity contribution in [3.63, 3.8) is 0 Å². The van der Waals surface area contributed by atoms with Crippen LogP contribution in [0.15, 0.2) is 54.9 Å². The molecule has 2 aromatic heterocycles. The Morgan fingerprint density at radius 2 is 1.97 bits per heavy atom. The lowest BCUT2D eigenvalue weighted by molar-refractivity contribution is -0.614. The number of aromatic carboxylic acids is 1. The molecule has 38 heavy (non-hydrogen) atoms. The molecule has 0 saturated carbocycles. The second-order valence-corrected chi connectivity index (χ2v) is 9.39. The second kappa shape index (κ2) is 10.2. The van der Waals surface area contributed by atoms with Crippen LogP contribution in [0.3, 0.4) is 0 Å². The number of nitrogens with zero attached hydrogens (tertiary/aromatic N) is 2. The first-order valence-electron chi connectivity index (χ1n) is 11.8. The minimum absolute atomic E-state index is 0.0290. The number of carboxylic acid groups (broad SMARTS) is 1. The molecule has 5 rings (SSSR count). The van der Waals surface area contributed by atoms with Crippen molar-refractivity contribution in [2.75, 3.05) is 5.32 Å². The van der Waals surface area contributed by atoms with E-state index in [0.717, 1.165) is 18.3 Å². The Balaban J connectivity index is 1.58. The first kappa shape index (κ1) is 25.3. The number of carboxylic acids is 1. The minimum Gasteiger partial charge on any atom is -0.618 e. The number of H-pyrrole nitrogens is 1. The molecule has 1 amide bonds. The molecule has 2 bridgehead atoms. The summed E-state index contributed by atoms with van der Waals surface area (Å²) in [5.41, 5.74) is 1.28. The minimum atomic E-state index is -1.12. The average molecular weight is 539 g/mol. The summed E-state index contributed by atoms with van der Waals surface area (Å²) in [5, 5.41) is 25.2. The Bertz CT molecular complexity index is 1570. The maximum atomic E-state index is 14.6. The summed E-state index contributed by atoms with van der Waals surface area (Å²) in [6, 6.07) is 9.44. The molecule has 1 aliphatic heterocycles. The smallest absolute Gasteiger partial charge is 0.335 e. The predicted octanol–water partition coefficient (Wildman–Crippen LogP) is 5.65. The molecule has 0 spiro atoms. The van der Waals surface area contributed by atoms with Gasteiger partial charge in [0.15, 0.2) is 12.0 Å². The van der Waals surface area contributed by atoms with E-state index in [9.17, 15) is 28.7 Å². The maximum Gasteiger partial charge on any atom is 0.335 e. The highest BCUT2D eigenvalue weighted by Crippen LogP contribution is 2.34. The number of rotatable bonds is 3. The summed E-state index contributed by atoms with van der Waals surface area (Å²) < 4.78 is 29.5. The number of hydrogen-bond donors (Lipinski definition) is 3. The SMILES string of the molecule is O=C1CCCCC(c2ccc(-c3c(F)ccc(Cl)c3F)c[n+]2[O-])c2ncc([nH]2)-c2cc(C(=O)O)ccc2N1. The van der Waals surface area contributed by atoms with Gasteiger partial charge in [-0.2, -0.15) is 4.73 Å². The molecule has 0 saturated heterocycles. The van der Waals surface area contributed by atoms with Gasteiger partial charge in [0.1, 0.15) is 17.6 Å². The van der Waals surface area contributed by atoms with Gasteiger partial charge in [-0.3, -0.25) is 4.79 Å². The van der Waals surface area contributed by atoms with Gasteiger partial charge in [0, 0.05) is 18.1 Å². The van der Waals surface area contributed by atoms with E-state index in [4.69, 9.17) is 11.6 Å². The quantitative estimate of drug-likeness (QED) is 0.177. The number of pyridine rings is 1. The highest BCUT2D eigenvalue weighted by Gasteiger charge is 2.27. The number of imidazole rings is 1. The van der Waals surface area contributed by atoms with Crippen LogP contribution in [0, 0.1) is 16.8 Å². The van der Waals surface area contributed by atoms with E-state index in [1.165, 1.54) is 36.5 Å². The van der Waals surface area contributed by atoms with Crippen molar-refractivity contribution in [2.45, 2.75) is 31.6 Å². The first-order valence-corrected chi connectivity index (χ1v) is 12.2. The zero-order valence-corrected chi connectivity index (χ0v) is 20.6. The van der Waals surface area contributed by atoms with Gasteiger partial charge in [0.2, 0.25) is 11.6 Å². The Morgan fingerprint density at radius 3 is 2.74 bits per heavy atom. The highest BCUT2D eigenvalue weighted by atomic mass is 35.5. The fourth-order valence-electron chi connectivity index (χ4n) is 4.63. The van der Waals surface area contributed by atoms with Crippen LogP contribution in [0.25, 0.3) is 22.4 Å². The van der Waals surface area contributed by atoms with Crippen molar-refractivity contribution in [3.05, 3.63) is 93.8 Å². The number of amides is 1. The summed E-state index contributed by atoms with van der Waals surface area (Å²) in [6.45, 7) is 0. The molecule has 1 aliphatic rings. The monoisotopic (exact) mass is 538 g/mol. The Kier molecular flexibility index (Phi) is 6.81. The molecule has 4 aromatic rings. The van der Waals surface area contributed by atoms with Crippen molar-refractivity contribution in [3.8, 4) is 22.4 Å². The Labute approximate surface area is 220 Å². The van der Waals surface area contributed by atoms with Crippen LogP contribution in [0.2, 0.25) is 5.02 Å². The van der Waals surface area contributed by atoms with Gasteiger partial charge >= 0.3 is 5.97 Å². The lowest BCUT2D eigenvalue weighted by atomic mass is 9.95. The van der Waals surface area contributed by atoms with Crippen molar-refractivity contribution in [1.29, 1.82) is 0 Å². The molecular weight excluding hydrogens is 518 g/mol. The van der Waals surface area contributed by atoms with E-state index >= 15 is 0 Å². The molecule has 3 N–H and O–H groups in total. The third-order valence-corrected chi connectivity index (χ3v) is 6.83. The van der Waals surface area contributed by atoms with Crippen LogP contribution >= 0.6 is 11.6 Å². The van der Waals surface area contributed by atoms with E-state index < -0.39 is 29.1 Å². The number of carbonyl (C=O) groups excluding carboxylic acids is 1. The van der Waals surface area contributed by atoms with Crippen LogP contribution in [-0.4, -0.2) is 27.0 Å². The lowest BCUT2D eigenvalue weighted by Gasteiger charge is -2.17. The van der Waals surface area contributed by atoms with Crippen molar-refractivity contribution in [2.24, 2.45) is 0 Å². The predicted molar refractivity (Wildman–Crippen MR) is 136 cm³/mol. The van der Waals surface area contributed by atoms with Gasteiger partial charge in [-0.15, -0.1) is 0 Å². The third kappa shape index (κ3) is 4.82. The van der Waals surface area contributed by atoms with Gasteiger partial charge in [-0.25, -0.2) is 18.6 Å². The number of aromatic nitrogens is 3. The number of fused-ring (bicyclic) bond motifs is 4. The van der Waals surface area contributed by atoms with Gasteiger partial charge in [-0.05, 0) is 49.2 Å². The van der Waals surface area contributed by atoms with Crippen LogP contribution in [0.4, 0.5) is 14.5 Å². The summed E-state index contributed by atoms with van der Waals surface area (Å²) in [7, 11) is 0. The molecule has 2 aromatic carbocycles. The second-order valence-electron chi connectivity index (χ2n) is 8.98. The summed E-state index contributed by atoms with van der Waals surface area (Å²) in [6.07, 6.45) is 4.43. The average Bonchev–Trinajstić information content (AvgIpc) is 3.37. The van der Waals surface area contributed by atoms with E-state index in [1.807, 2.05) is 0 Å². The number of aromatic amines is 1. The van der Waals surface area contributed by atoms with Gasteiger partial charge in [-0.1, -0.05) is 18.0 Å². The molecule has 11 heteroatoms. The molecule has 0 aliphatic carbocycles. The fourth-order valence-corrected chi connectivity index (χ4v) is 4.79. The molecule has 0 fully saturated rings. The van der Waals surface area contributed by atoms with Gasteiger partial charge < -0.3 is 20.6 Å². The van der Waals surface area contributed by atoms with Crippen molar-refractivity contribution >= 4 is 29.2 Å². The van der Waals surface area contributed by atoms with Crippen molar-refractivity contribution < 1.29 is 28.2 Å². The van der Waals surface area contributed by atoms with E-state index in [1.54, 1.807) is 0 Å². The summed E-state index contributed by atoms with van der Waals surface area (Å²) in [4.78, 5) is 31.7. The molecule has 194 valence electrons. The fraction of sp³-hybridized carbons (Fsp3) is 0.185. The van der Waals surface area contributed by atoms with E-state index in [0.29, 0.717) is 52.5 Å². The molecular formula is C27H21ClF2N4O4. The number of benzene rings is 2. The largest absolute Gasteiger partial charge is 0.618 e. The van der Waals surface area contributed by atoms with Crippen LogP contribution in [-0.2, 0) is 4.79 Å². The van der Waals surface area contributed by atoms with Gasteiger partial charge in [0.25, 0.3) is 0 Å². The first-order chi connectivity index (χ1) is 18.2. The normalized spacial score (nSPS) is 15.7. The molecule has 8 nitrogen and oxygen atoms in total. The number of carbonyl (C=O) groups is 2. The van der Waals surface area contributed by atoms with Crippen molar-refractivity contribution in [1.82, 2.24) is 9.97 Å². The Morgan fingerprint density at radius 1 is 1.16 bits per heavy atom. The molecule has 3 heterocycles. The number of anilines is 1. The highest BCUT2D eigenvalue weighted by molar-refractivity contribution is 6.31. The number of nitrogens with one attached hydrogen (secondary N) is 2. The topological polar surface area (TPSA) is 122 Å². The Hall–Kier alpha value is -4.31. The number of halogens is 3. The van der Waals surface area contributed by atoms with Gasteiger partial charge in [0.05, 0.1) is 39.3 Å². The zero-order chi connectivity index (χ0) is 27.0. The van der Waals surface area contributed by atoms with Crippen LogP contribution in [0.5, 0.6) is 0 Å². The number of hydrogen-bond acceptors (Lipinski definition) is 4.